The van der Waals surface area contributed by atoms with Crippen molar-refractivity contribution in [1.82, 2.24) is 24.7 Å². The van der Waals surface area contributed by atoms with E-state index in [4.69, 9.17) is 0 Å². The summed E-state index contributed by atoms with van der Waals surface area (Å²) in [6, 6.07) is 7.98. The summed E-state index contributed by atoms with van der Waals surface area (Å²) in [6.45, 7) is 2.54. The van der Waals surface area contributed by atoms with Gasteiger partial charge < -0.3 is 19.7 Å². The van der Waals surface area contributed by atoms with Gasteiger partial charge in [0.2, 0.25) is 11.8 Å². The molecule has 2 fully saturated rings. The van der Waals surface area contributed by atoms with Gasteiger partial charge in [0.15, 0.2) is 5.82 Å². The molecule has 3 atom stereocenters. The van der Waals surface area contributed by atoms with E-state index in [0.717, 1.165) is 32.1 Å². The first kappa shape index (κ1) is 23.6. The maximum Gasteiger partial charge on any atom is 0.290 e. The fourth-order valence-corrected chi connectivity index (χ4v) is 6.01. The van der Waals surface area contributed by atoms with Crippen molar-refractivity contribution in [3.8, 4) is 0 Å². The van der Waals surface area contributed by atoms with Gasteiger partial charge in [-0.05, 0) is 43.2 Å². The van der Waals surface area contributed by atoms with Crippen molar-refractivity contribution in [2.24, 2.45) is 18.9 Å². The molecule has 0 radical (unpaired) electrons. The molecule has 1 aromatic carbocycles. The quantitative estimate of drug-likeness (QED) is 0.720. The largest absolute Gasteiger partial charge is 0.356 e. The number of carbonyl (C=O) groups excluding carboxylic acids is 3. The summed E-state index contributed by atoms with van der Waals surface area (Å²) in [5.41, 5.74) is 2.50. The van der Waals surface area contributed by atoms with Crippen LogP contribution in [0, 0.1) is 11.8 Å². The molecule has 0 bridgehead atoms. The van der Waals surface area contributed by atoms with Gasteiger partial charge in [-0.2, -0.15) is 0 Å². The highest BCUT2D eigenvalue weighted by Crippen LogP contribution is 2.38. The number of amides is 3. The predicted molar refractivity (Wildman–Crippen MR) is 131 cm³/mol. The van der Waals surface area contributed by atoms with E-state index < -0.39 is 0 Å². The zero-order valence-corrected chi connectivity index (χ0v) is 20.5. The molecule has 8 nitrogen and oxygen atoms in total. The van der Waals surface area contributed by atoms with Crippen molar-refractivity contribution >= 4 is 17.7 Å². The van der Waals surface area contributed by atoms with E-state index in [0.29, 0.717) is 44.8 Å². The number of nitrogens with zero attached hydrogens (tertiary/aromatic N) is 4. The molecule has 1 saturated heterocycles. The lowest BCUT2D eigenvalue weighted by Crippen LogP contribution is -2.48. The van der Waals surface area contributed by atoms with Crippen LogP contribution in [-0.2, 0) is 29.6 Å². The van der Waals surface area contributed by atoms with Crippen LogP contribution < -0.4 is 5.32 Å². The van der Waals surface area contributed by atoms with Gasteiger partial charge in [0, 0.05) is 57.6 Å². The zero-order chi connectivity index (χ0) is 24.4. The third-order valence-corrected chi connectivity index (χ3v) is 7.96. The highest BCUT2D eigenvalue weighted by molar-refractivity contribution is 5.92. The lowest BCUT2D eigenvalue weighted by molar-refractivity contribution is -0.136. The maximum atomic E-state index is 13.7. The Kier molecular flexibility index (Phi) is 6.88. The molecule has 0 unspecified atom stereocenters. The summed E-state index contributed by atoms with van der Waals surface area (Å²) in [5, 5.41) is 3.09. The number of rotatable bonds is 2. The number of aryl methyl sites for hydroxylation is 1. The monoisotopic (exact) mass is 477 g/mol. The van der Waals surface area contributed by atoms with Crippen LogP contribution in [0.3, 0.4) is 0 Å². The smallest absolute Gasteiger partial charge is 0.290 e. The standard InChI is InChI=1S/C27H35N5O3/c1-30-15-12-28-24(30)27(35)32-13-7-3-2-6-11-29-25(33)22-16-21(17-23(22)32)26(34)31-14-10-19-8-4-5-9-20(19)18-31/h4-5,8-9,12,15,21-23H,2-3,6-7,10-11,13-14,16-18H2,1H3,(H,29,33)/t21-,22-,23+/m1/s1. The van der Waals surface area contributed by atoms with Crippen molar-refractivity contribution in [1.29, 1.82) is 0 Å². The predicted octanol–water partition coefficient (Wildman–Crippen LogP) is 2.53. The average molecular weight is 478 g/mol. The minimum absolute atomic E-state index is 0.0335. The summed E-state index contributed by atoms with van der Waals surface area (Å²) in [6.07, 6.45) is 9.10. The summed E-state index contributed by atoms with van der Waals surface area (Å²) in [5.74, 6) is -0.352. The van der Waals surface area contributed by atoms with E-state index in [1.165, 1.54) is 11.1 Å². The van der Waals surface area contributed by atoms with Gasteiger partial charge in [0.1, 0.15) is 0 Å². The molecule has 1 aliphatic carbocycles. The minimum atomic E-state index is -0.386. The topological polar surface area (TPSA) is 87.5 Å². The molecule has 1 aromatic heterocycles. The van der Waals surface area contributed by atoms with Gasteiger partial charge in [-0.25, -0.2) is 4.98 Å². The molecule has 35 heavy (non-hydrogen) atoms. The number of hydrogen-bond donors (Lipinski definition) is 1. The van der Waals surface area contributed by atoms with Crippen molar-refractivity contribution in [3.05, 3.63) is 53.6 Å². The normalized spacial score (nSPS) is 25.3. The lowest BCUT2D eigenvalue weighted by Gasteiger charge is -2.33. The van der Waals surface area contributed by atoms with Gasteiger partial charge in [0.25, 0.3) is 5.91 Å². The van der Waals surface area contributed by atoms with Crippen LogP contribution in [0.2, 0.25) is 0 Å². The van der Waals surface area contributed by atoms with Gasteiger partial charge in [-0.1, -0.05) is 37.1 Å². The molecule has 3 amide bonds. The van der Waals surface area contributed by atoms with Gasteiger partial charge in [-0.15, -0.1) is 0 Å². The molecule has 3 heterocycles. The highest BCUT2D eigenvalue weighted by Gasteiger charge is 2.47. The fraction of sp³-hybridized carbons (Fsp3) is 0.556. The van der Waals surface area contributed by atoms with E-state index in [2.05, 4.69) is 22.4 Å². The van der Waals surface area contributed by atoms with Crippen LogP contribution in [0.1, 0.15) is 60.3 Å². The molecular weight excluding hydrogens is 442 g/mol. The van der Waals surface area contributed by atoms with Crippen molar-refractivity contribution in [3.63, 3.8) is 0 Å². The number of carbonyl (C=O) groups is 3. The van der Waals surface area contributed by atoms with E-state index in [1.807, 2.05) is 29.0 Å². The molecule has 186 valence electrons. The first-order valence-electron chi connectivity index (χ1n) is 12.9. The SMILES string of the molecule is Cn1ccnc1C(=O)N1CCCCCCNC(=O)[C@@H]2C[C@@H](C(=O)N3CCc4ccccc4C3)C[C@@H]21. The van der Waals surface area contributed by atoms with Crippen LogP contribution in [0.4, 0.5) is 0 Å². The number of benzene rings is 1. The van der Waals surface area contributed by atoms with Crippen LogP contribution in [-0.4, -0.2) is 62.7 Å². The second kappa shape index (κ2) is 10.2. The van der Waals surface area contributed by atoms with Gasteiger partial charge in [0.05, 0.1) is 5.92 Å². The van der Waals surface area contributed by atoms with Crippen LogP contribution in [0.5, 0.6) is 0 Å². The number of imidazole rings is 1. The number of fused-ring (bicyclic) bond motifs is 2. The third-order valence-electron chi connectivity index (χ3n) is 7.96. The maximum absolute atomic E-state index is 13.7. The van der Waals surface area contributed by atoms with Crippen LogP contribution >= 0.6 is 0 Å². The molecule has 1 N–H and O–H groups in total. The Morgan fingerprint density at radius 3 is 2.63 bits per heavy atom. The Morgan fingerprint density at radius 2 is 1.83 bits per heavy atom. The minimum Gasteiger partial charge on any atom is -0.356 e. The first-order chi connectivity index (χ1) is 17.0. The first-order valence-corrected chi connectivity index (χ1v) is 12.9. The molecule has 0 spiro atoms. The summed E-state index contributed by atoms with van der Waals surface area (Å²) in [7, 11) is 1.81. The highest BCUT2D eigenvalue weighted by atomic mass is 16.2. The van der Waals surface area contributed by atoms with Crippen molar-refractivity contribution < 1.29 is 14.4 Å². The molecule has 1 saturated carbocycles. The average Bonchev–Trinajstić information content (AvgIpc) is 3.50. The molecular formula is C27H35N5O3. The van der Waals surface area contributed by atoms with E-state index in [9.17, 15) is 14.4 Å². The number of aromatic nitrogens is 2. The Hall–Kier alpha value is -3.16. The van der Waals surface area contributed by atoms with Gasteiger partial charge >= 0.3 is 0 Å². The molecule has 3 aliphatic rings. The van der Waals surface area contributed by atoms with E-state index in [-0.39, 0.29) is 35.6 Å². The van der Waals surface area contributed by atoms with Crippen LogP contribution in [0.25, 0.3) is 0 Å². The third kappa shape index (κ3) is 4.83. The zero-order valence-electron chi connectivity index (χ0n) is 20.5. The summed E-state index contributed by atoms with van der Waals surface area (Å²) >= 11 is 0. The molecule has 2 aromatic rings. The second-order valence-corrected chi connectivity index (χ2v) is 10.2. The number of nitrogens with one attached hydrogen (secondary N) is 1. The summed E-state index contributed by atoms with van der Waals surface area (Å²) < 4.78 is 1.73. The lowest BCUT2D eigenvalue weighted by atomic mass is 9.97. The van der Waals surface area contributed by atoms with Crippen molar-refractivity contribution in [2.75, 3.05) is 19.6 Å². The Balaban J connectivity index is 1.39. The molecule has 5 rings (SSSR count). The fourth-order valence-electron chi connectivity index (χ4n) is 6.01. The number of hydrogen-bond acceptors (Lipinski definition) is 4. The Labute approximate surface area is 206 Å². The summed E-state index contributed by atoms with van der Waals surface area (Å²) in [4.78, 5) is 48.6. The van der Waals surface area contributed by atoms with Crippen molar-refractivity contribution in [2.45, 2.75) is 57.5 Å². The molecule has 8 heteroatoms. The van der Waals surface area contributed by atoms with E-state index in [1.54, 1.807) is 17.0 Å². The van der Waals surface area contributed by atoms with Crippen LogP contribution in [0.15, 0.2) is 36.7 Å². The van der Waals surface area contributed by atoms with Gasteiger partial charge in [-0.3, -0.25) is 14.4 Å². The Bertz CT molecular complexity index is 1100. The Morgan fingerprint density at radius 1 is 1.03 bits per heavy atom. The van der Waals surface area contributed by atoms with E-state index >= 15 is 0 Å². The second-order valence-electron chi connectivity index (χ2n) is 10.2. The molecule has 2 aliphatic heterocycles.